The van der Waals surface area contributed by atoms with Crippen molar-refractivity contribution in [3.8, 4) is 0 Å². The number of hydrogen-bond donors (Lipinski definition) is 2. The third-order valence-corrected chi connectivity index (χ3v) is 4.76. The number of hydrogen-bond acceptors (Lipinski definition) is 5. The van der Waals surface area contributed by atoms with Crippen LogP contribution in [0.25, 0.3) is 10.9 Å². The highest BCUT2D eigenvalue weighted by Crippen LogP contribution is 2.32. The molecule has 2 aromatic heterocycles. The van der Waals surface area contributed by atoms with Crippen LogP contribution in [-0.4, -0.2) is 9.97 Å². The fourth-order valence-corrected chi connectivity index (χ4v) is 3.50. The van der Waals surface area contributed by atoms with Crippen molar-refractivity contribution < 1.29 is 0 Å². The third kappa shape index (κ3) is 2.56. The smallest absolute Gasteiger partial charge is 0.0951 e. The molecule has 0 spiro atoms. The first-order valence-electron chi connectivity index (χ1n) is 6.90. The summed E-state index contributed by atoms with van der Waals surface area (Å²) in [4.78, 5) is 10.1. The van der Waals surface area contributed by atoms with Crippen molar-refractivity contribution in [1.29, 1.82) is 0 Å². The van der Waals surface area contributed by atoms with Crippen molar-refractivity contribution in [1.82, 2.24) is 9.97 Å². The molecule has 0 saturated heterocycles. The molecule has 2 heterocycles. The maximum absolute atomic E-state index is 6.00. The van der Waals surface area contributed by atoms with E-state index in [1.807, 2.05) is 31.2 Å². The second-order valence-electron chi connectivity index (χ2n) is 5.15. The van der Waals surface area contributed by atoms with Gasteiger partial charge in [0.1, 0.15) is 0 Å². The van der Waals surface area contributed by atoms with Gasteiger partial charge < -0.3 is 11.1 Å². The molecule has 1 atom stereocenters. The maximum Gasteiger partial charge on any atom is 0.0951 e. The van der Waals surface area contributed by atoms with E-state index in [0.29, 0.717) is 5.69 Å². The molecule has 3 N–H and O–H groups in total. The lowest BCUT2D eigenvalue weighted by Crippen LogP contribution is -2.07. The number of aromatic nitrogens is 2. The lowest BCUT2D eigenvalue weighted by Gasteiger charge is -2.16. The van der Waals surface area contributed by atoms with Crippen molar-refractivity contribution in [2.24, 2.45) is 0 Å². The number of nitrogen functional groups attached to an aromatic ring is 1. The van der Waals surface area contributed by atoms with Gasteiger partial charge in [-0.2, -0.15) is 0 Å². The Labute approximate surface area is 128 Å². The van der Waals surface area contributed by atoms with E-state index >= 15 is 0 Å². The minimum Gasteiger partial charge on any atom is -0.397 e. The van der Waals surface area contributed by atoms with E-state index in [1.165, 1.54) is 4.88 Å². The van der Waals surface area contributed by atoms with Gasteiger partial charge in [-0.15, -0.1) is 11.3 Å². The Kier molecular flexibility index (Phi) is 3.51. The number of nitrogens with zero attached hydrogens (tertiary/aromatic N) is 2. The summed E-state index contributed by atoms with van der Waals surface area (Å²) >= 11 is 1.74. The summed E-state index contributed by atoms with van der Waals surface area (Å²) in [6, 6.07) is 8.08. The highest BCUT2D eigenvalue weighted by molar-refractivity contribution is 7.11. The number of thiazole rings is 1. The average molecular weight is 298 g/mol. The van der Waals surface area contributed by atoms with Crippen LogP contribution in [0.1, 0.15) is 28.5 Å². The normalized spacial score (nSPS) is 12.5. The molecule has 1 unspecified atom stereocenters. The first kappa shape index (κ1) is 13.8. The summed E-state index contributed by atoms with van der Waals surface area (Å²) in [5, 5.41) is 5.70. The Morgan fingerprint density at radius 2 is 2.05 bits per heavy atom. The Bertz CT molecular complexity index is 794. The molecule has 0 fully saturated rings. The van der Waals surface area contributed by atoms with E-state index in [2.05, 4.69) is 29.1 Å². The zero-order valence-corrected chi connectivity index (χ0v) is 13.2. The Morgan fingerprint density at radius 3 is 2.76 bits per heavy atom. The van der Waals surface area contributed by atoms with Crippen LogP contribution in [0.4, 0.5) is 11.4 Å². The van der Waals surface area contributed by atoms with Gasteiger partial charge >= 0.3 is 0 Å². The fourth-order valence-electron chi connectivity index (χ4n) is 2.57. The van der Waals surface area contributed by atoms with Crippen molar-refractivity contribution >= 4 is 33.6 Å². The van der Waals surface area contributed by atoms with E-state index < -0.39 is 0 Å². The minimum atomic E-state index is 0.197. The van der Waals surface area contributed by atoms with Crippen LogP contribution >= 0.6 is 11.3 Å². The monoisotopic (exact) mass is 298 g/mol. The van der Waals surface area contributed by atoms with Gasteiger partial charge in [0.15, 0.2) is 0 Å². The van der Waals surface area contributed by atoms with Crippen LogP contribution in [-0.2, 0) is 0 Å². The molecule has 0 radical (unpaired) electrons. The highest BCUT2D eigenvalue weighted by atomic mass is 32.1. The maximum atomic E-state index is 6.00. The van der Waals surface area contributed by atoms with Crippen LogP contribution in [0, 0.1) is 13.8 Å². The molecule has 108 valence electrons. The molecule has 0 aliphatic rings. The number of anilines is 2. The van der Waals surface area contributed by atoms with E-state index in [1.54, 1.807) is 17.5 Å². The molecule has 0 aliphatic heterocycles. The Morgan fingerprint density at radius 1 is 1.24 bits per heavy atom. The predicted octanol–water partition coefficient (Wildman–Crippen LogP) is 4.06. The van der Waals surface area contributed by atoms with Crippen molar-refractivity contribution in [2.45, 2.75) is 26.8 Å². The molecule has 0 aliphatic carbocycles. The van der Waals surface area contributed by atoms with Gasteiger partial charge in [-0.25, -0.2) is 4.98 Å². The number of pyridine rings is 1. The fraction of sp³-hybridized carbons (Fsp3) is 0.250. The molecule has 21 heavy (non-hydrogen) atoms. The minimum absolute atomic E-state index is 0.197. The van der Waals surface area contributed by atoms with Crippen LogP contribution in [0.3, 0.4) is 0 Å². The largest absolute Gasteiger partial charge is 0.397 e. The van der Waals surface area contributed by atoms with Crippen molar-refractivity contribution in [3.63, 3.8) is 0 Å². The first-order chi connectivity index (χ1) is 10.1. The molecular weight excluding hydrogens is 280 g/mol. The molecule has 0 bridgehead atoms. The zero-order chi connectivity index (χ0) is 15.0. The molecule has 4 nitrogen and oxygen atoms in total. The van der Waals surface area contributed by atoms with Gasteiger partial charge in [0, 0.05) is 22.1 Å². The van der Waals surface area contributed by atoms with E-state index in [0.717, 1.165) is 27.3 Å². The first-order valence-corrected chi connectivity index (χ1v) is 7.71. The standard InChI is InChI=1S/C16H18N4S/c1-9-16(21-11(3)19-9)10(2)20-14-7-6-13(17)15-12(14)5-4-8-18-15/h4-8,10,20H,17H2,1-3H3. The summed E-state index contributed by atoms with van der Waals surface area (Å²) in [7, 11) is 0. The number of rotatable bonds is 3. The SMILES string of the molecule is Cc1nc(C)c(C(C)Nc2ccc(N)c3ncccc23)s1. The summed E-state index contributed by atoms with van der Waals surface area (Å²) < 4.78 is 0. The highest BCUT2D eigenvalue weighted by Gasteiger charge is 2.14. The van der Waals surface area contributed by atoms with Gasteiger partial charge in [0.05, 0.1) is 27.9 Å². The summed E-state index contributed by atoms with van der Waals surface area (Å²) in [6.07, 6.45) is 1.77. The number of fused-ring (bicyclic) bond motifs is 1. The molecule has 1 aromatic carbocycles. The summed E-state index contributed by atoms with van der Waals surface area (Å²) in [6.45, 7) is 6.24. The predicted molar refractivity (Wildman–Crippen MR) is 89.8 cm³/mol. The van der Waals surface area contributed by atoms with Crippen molar-refractivity contribution in [3.05, 3.63) is 46.0 Å². The van der Waals surface area contributed by atoms with Crippen molar-refractivity contribution in [2.75, 3.05) is 11.1 Å². The lowest BCUT2D eigenvalue weighted by molar-refractivity contribution is 0.892. The van der Waals surface area contributed by atoms with Crippen LogP contribution in [0.15, 0.2) is 30.5 Å². The van der Waals surface area contributed by atoms with Crippen LogP contribution < -0.4 is 11.1 Å². The molecule has 0 amide bonds. The van der Waals surface area contributed by atoms with Gasteiger partial charge in [0.25, 0.3) is 0 Å². The Hall–Kier alpha value is -2.14. The summed E-state index contributed by atoms with van der Waals surface area (Å²) in [5.41, 5.74) is 9.68. The van der Waals surface area contributed by atoms with Gasteiger partial charge in [-0.05, 0) is 45.0 Å². The third-order valence-electron chi connectivity index (χ3n) is 3.51. The van der Waals surface area contributed by atoms with Crippen LogP contribution in [0.5, 0.6) is 0 Å². The second-order valence-corrected chi connectivity index (χ2v) is 6.39. The lowest BCUT2D eigenvalue weighted by atomic mass is 10.1. The number of nitrogens with one attached hydrogen (secondary N) is 1. The molecule has 5 heteroatoms. The summed E-state index contributed by atoms with van der Waals surface area (Å²) in [5.74, 6) is 0. The number of benzene rings is 1. The van der Waals surface area contributed by atoms with Gasteiger partial charge in [-0.3, -0.25) is 4.98 Å². The zero-order valence-electron chi connectivity index (χ0n) is 12.3. The number of nitrogens with two attached hydrogens (primary N) is 1. The topological polar surface area (TPSA) is 63.8 Å². The average Bonchev–Trinajstić information content (AvgIpc) is 2.81. The quantitative estimate of drug-likeness (QED) is 0.716. The van der Waals surface area contributed by atoms with Gasteiger partial charge in [-0.1, -0.05) is 0 Å². The second kappa shape index (κ2) is 5.33. The van der Waals surface area contributed by atoms with E-state index in [-0.39, 0.29) is 6.04 Å². The molecule has 3 aromatic rings. The number of aryl methyl sites for hydroxylation is 2. The van der Waals surface area contributed by atoms with E-state index in [4.69, 9.17) is 5.73 Å². The Balaban J connectivity index is 1.99. The van der Waals surface area contributed by atoms with Crippen LogP contribution in [0.2, 0.25) is 0 Å². The molecule has 0 saturated carbocycles. The van der Waals surface area contributed by atoms with Gasteiger partial charge in [0.2, 0.25) is 0 Å². The van der Waals surface area contributed by atoms with E-state index in [9.17, 15) is 0 Å². The molecule has 3 rings (SSSR count). The molecular formula is C16H18N4S.